The minimum atomic E-state index is -0.249. The molecule has 0 heterocycles. The Balaban J connectivity index is 2.29. The third-order valence-electron chi connectivity index (χ3n) is 3.39. The van der Waals surface area contributed by atoms with Crippen LogP contribution in [0, 0.1) is 6.92 Å². The molecule has 0 unspecified atom stereocenters. The molecule has 0 saturated heterocycles. The molecule has 0 saturated carbocycles. The fraction of sp³-hybridized carbons (Fsp3) is 0.278. The summed E-state index contributed by atoms with van der Waals surface area (Å²) in [5.41, 5.74) is 2.07. The van der Waals surface area contributed by atoms with Gasteiger partial charge in [-0.2, -0.15) is 0 Å². The van der Waals surface area contributed by atoms with Gasteiger partial charge in [0.1, 0.15) is 0 Å². The van der Waals surface area contributed by atoms with Crippen LogP contribution in [0.5, 0.6) is 11.5 Å². The maximum Gasteiger partial charge on any atom is 0.255 e. The highest BCUT2D eigenvalue weighted by molar-refractivity contribution is 9.10. The van der Waals surface area contributed by atoms with Crippen molar-refractivity contribution in [2.24, 2.45) is 0 Å². The second-order valence-corrected chi connectivity index (χ2v) is 6.54. The van der Waals surface area contributed by atoms with Gasteiger partial charge in [-0.15, -0.1) is 0 Å². The van der Waals surface area contributed by atoms with Gasteiger partial charge in [-0.25, -0.2) is 0 Å². The molecule has 2 aromatic rings. The molecule has 0 aliphatic carbocycles. The summed E-state index contributed by atoms with van der Waals surface area (Å²) < 4.78 is 11.7. The standard InChI is InChI=1S/C18H19BrClNO3/c1-4-7-24-17-14(19)8-12(9-16(17)23-3)18(22)21-15-10-13(20)6-5-11(15)2/h5-6,8-10H,4,7H2,1-3H3,(H,21,22). The number of amides is 1. The summed E-state index contributed by atoms with van der Waals surface area (Å²) >= 11 is 9.44. The third kappa shape index (κ3) is 4.42. The molecule has 6 heteroatoms. The van der Waals surface area contributed by atoms with E-state index in [0.29, 0.717) is 38.9 Å². The van der Waals surface area contributed by atoms with Gasteiger partial charge in [0.25, 0.3) is 5.91 Å². The van der Waals surface area contributed by atoms with Crippen molar-refractivity contribution in [3.05, 3.63) is 51.0 Å². The average molecular weight is 413 g/mol. The summed E-state index contributed by atoms with van der Waals surface area (Å²) in [6.45, 7) is 4.50. The average Bonchev–Trinajstić information content (AvgIpc) is 2.56. The first-order valence-electron chi connectivity index (χ1n) is 7.54. The lowest BCUT2D eigenvalue weighted by molar-refractivity contribution is 0.102. The number of rotatable bonds is 6. The highest BCUT2D eigenvalue weighted by atomic mass is 79.9. The van der Waals surface area contributed by atoms with Crippen molar-refractivity contribution >= 4 is 39.1 Å². The zero-order valence-electron chi connectivity index (χ0n) is 13.8. The number of aryl methyl sites for hydroxylation is 1. The Bertz CT molecular complexity index is 749. The normalized spacial score (nSPS) is 10.4. The van der Waals surface area contributed by atoms with Crippen molar-refractivity contribution in [3.63, 3.8) is 0 Å². The number of ether oxygens (including phenoxy) is 2. The number of anilines is 1. The van der Waals surface area contributed by atoms with Crippen LogP contribution in [0.15, 0.2) is 34.8 Å². The molecule has 4 nitrogen and oxygen atoms in total. The molecule has 2 rings (SSSR count). The van der Waals surface area contributed by atoms with Crippen molar-refractivity contribution in [1.29, 1.82) is 0 Å². The zero-order valence-corrected chi connectivity index (χ0v) is 16.1. The van der Waals surface area contributed by atoms with Crippen molar-refractivity contribution < 1.29 is 14.3 Å². The second-order valence-electron chi connectivity index (χ2n) is 5.25. The maximum atomic E-state index is 12.6. The smallest absolute Gasteiger partial charge is 0.255 e. The molecule has 0 radical (unpaired) electrons. The summed E-state index contributed by atoms with van der Waals surface area (Å²) in [5.74, 6) is 0.849. The molecule has 24 heavy (non-hydrogen) atoms. The Hall–Kier alpha value is -1.72. The molecule has 0 aliphatic heterocycles. The van der Waals surface area contributed by atoms with Crippen LogP contribution in [0.3, 0.4) is 0 Å². The quantitative estimate of drug-likeness (QED) is 0.685. The first-order valence-corrected chi connectivity index (χ1v) is 8.71. The van der Waals surface area contributed by atoms with Gasteiger partial charge in [-0.05, 0) is 59.1 Å². The summed E-state index contributed by atoms with van der Waals surface area (Å²) in [6, 6.07) is 8.73. The summed E-state index contributed by atoms with van der Waals surface area (Å²) in [5, 5.41) is 3.44. The zero-order chi connectivity index (χ0) is 17.7. The predicted molar refractivity (Wildman–Crippen MR) is 101 cm³/mol. The SMILES string of the molecule is CCCOc1c(Br)cc(C(=O)Nc2cc(Cl)ccc2C)cc1OC. The van der Waals surface area contributed by atoms with E-state index in [9.17, 15) is 4.79 Å². The summed E-state index contributed by atoms with van der Waals surface area (Å²) in [6.07, 6.45) is 0.881. The Kier molecular flexibility index (Phi) is 6.52. The van der Waals surface area contributed by atoms with Gasteiger partial charge in [0.15, 0.2) is 11.5 Å². The number of methoxy groups -OCH3 is 1. The van der Waals surface area contributed by atoms with Crippen molar-refractivity contribution in [3.8, 4) is 11.5 Å². The first kappa shape index (κ1) is 18.6. The molecule has 0 aromatic heterocycles. The van der Waals surface area contributed by atoms with Crippen LogP contribution >= 0.6 is 27.5 Å². The fourth-order valence-electron chi connectivity index (χ4n) is 2.12. The molecule has 2 aromatic carbocycles. The topological polar surface area (TPSA) is 47.6 Å². The number of carbonyl (C=O) groups excluding carboxylic acids is 1. The van der Waals surface area contributed by atoms with E-state index in [-0.39, 0.29) is 5.91 Å². The Morgan fingerprint density at radius 1 is 1.29 bits per heavy atom. The first-order chi connectivity index (χ1) is 11.5. The second kappa shape index (κ2) is 8.40. The van der Waals surface area contributed by atoms with E-state index in [1.807, 2.05) is 19.9 Å². The number of hydrogen-bond donors (Lipinski definition) is 1. The third-order valence-corrected chi connectivity index (χ3v) is 4.21. The van der Waals surface area contributed by atoms with E-state index < -0.39 is 0 Å². The van der Waals surface area contributed by atoms with E-state index in [1.165, 1.54) is 0 Å². The van der Waals surface area contributed by atoms with Crippen LogP contribution in [0.25, 0.3) is 0 Å². The molecule has 1 N–H and O–H groups in total. The predicted octanol–water partition coefficient (Wildman–Crippen LogP) is 5.46. The van der Waals surface area contributed by atoms with E-state index in [1.54, 1.807) is 31.4 Å². The minimum absolute atomic E-state index is 0.249. The molecule has 0 aliphatic rings. The van der Waals surface area contributed by atoms with E-state index in [4.69, 9.17) is 21.1 Å². The van der Waals surface area contributed by atoms with Crippen LogP contribution < -0.4 is 14.8 Å². The van der Waals surface area contributed by atoms with Crippen molar-refractivity contribution in [2.75, 3.05) is 19.0 Å². The highest BCUT2D eigenvalue weighted by Crippen LogP contribution is 2.37. The number of carbonyl (C=O) groups is 1. The minimum Gasteiger partial charge on any atom is -0.493 e. The van der Waals surface area contributed by atoms with Crippen molar-refractivity contribution in [1.82, 2.24) is 0 Å². The Morgan fingerprint density at radius 3 is 2.71 bits per heavy atom. The van der Waals surface area contributed by atoms with Crippen LogP contribution in [-0.4, -0.2) is 19.6 Å². The van der Waals surface area contributed by atoms with E-state index in [2.05, 4.69) is 21.2 Å². The summed E-state index contributed by atoms with van der Waals surface area (Å²) in [7, 11) is 1.55. The number of nitrogens with one attached hydrogen (secondary N) is 1. The Morgan fingerprint density at radius 2 is 2.04 bits per heavy atom. The van der Waals surface area contributed by atoms with Gasteiger partial charge in [-0.3, -0.25) is 4.79 Å². The molecular formula is C18H19BrClNO3. The molecule has 0 bridgehead atoms. The van der Waals surface area contributed by atoms with Crippen LogP contribution in [0.1, 0.15) is 29.3 Å². The van der Waals surface area contributed by atoms with E-state index in [0.717, 1.165) is 12.0 Å². The van der Waals surface area contributed by atoms with Crippen LogP contribution in [0.4, 0.5) is 5.69 Å². The van der Waals surface area contributed by atoms with Gasteiger partial charge in [-0.1, -0.05) is 24.6 Å². The highest BCUT2D eigenvalue weighted by Gasteiger charge is 2.16. The fourth-order valence-corrected chi connectivity index (χ4v) is 2.85. The van der Waals surface area contributed by atoms with Crippen molar-refractivity contribution in [2.45, 2.75) is 20.3 Å². The maximum absolute atomic E-state index is 12.6. The molecule has 1 amide bonds. The molecule has 0 spiro atoms. The molecule has 0 fully saturated rings. The number of benzene rings is 2. The van der Waals surface area contributed by atoms with Gasteiger partial charge >= 0.3 is 0 Å². The largest absolute Gasteiger partial charge is 0.493 e. The summed E-state index contributed by atoms with van der Waals surface area (Å²) in [4.78, 5) is 12.6. The number of halogens is 2. The van der Waals surface area contributed by atoms with Gasteiger partial charge in [0.2, 0.25) is 0 Å². The lowest BCUT2D eigenvalue weighted by Crippen LogP contribution is -2.13. The lowest BCUT2D eigenvalue weighted by Gasteiger charge is -2.14. The molecular weight excluding hydrogens is 394 g/mol. The van der Waals surface area contributed by atoms with Crippen LogP contribution in [0.2, 0.25) is 5.02 Å². The van der Waals surface area contributed by atoms with Gasteiger partial charge in [0, 0.05) is 16.3 Å². The molecule has 128 valence electrons. The van der Waals surface area contributed by atoms with E-state index >= 15 is 0 Å². The Labute approximate surface area is 155 Å². The monoisotopic (exact) mass is 411 g/mol. The lowest BCUT2D eigenvalue weighted by atomic mass is 10.1. The number of hydrogen-bond acceptors (Lipinski definition) is 3. The van der Waals surface area contributed by atoms with Crippen LogP contribution in [-0.2, 0) is 0 Å². The van der Waals surface area contributed by atoms with Gasteiger partial charge in [0.05, 0.1) is 18.2 Å². The molecule has 0 atom stereocenters. The van der Waals surface area contributed by atoms with Gasteiger partial charge < -0.3 is 14.8 Å².